The minimum Gasteiger partial charge on any atom is -0.466 e. The SMILES string of the molecule is CCOC(=O)CCN1CCN(c2cnc(C(=O)Nc3nc(-c4cc(Cl)cs4)c(CN4CCC[C@H]4C)s3)cn2)CC1. The van der Waals surface area contributed by atoms with Gasteiger partial charge in [-0.05, 0) is 39.3 Å². The summed E-state index contributed by atoms with van der Waals surface area (Å²) < 4.78 is 5.01. The summed E-state index contributed by atoms with van der Waals surface area (Å²) in [5, 5.41) is 6.06. The van der Waals surface area contributed by atoms with E-state index in [1.165, 1.54) is 30.4 Å². The highest BCUT2D eigenvalue weighted by Gasteiger charge is 2.25. The van der Waals surface area contributed by atoms with Gasteiger partial charge < -0.3 is 9.64 Å². The van der Waals surface area contributed by atoms with Crippen molar-refractivity contribution in [1.29, 1.82) is 0 Å². The molecule has 13 heteroatoms. The number of thiazole rings is 1. The maximum Gasteiger partial charge on any atom is 0.307 e. The minimum atomic E-state index is -0.339. The van der Waals surface area contributed by atoms with Crippen LogP contribution in [0, 0.1) is 0 Å². The molecule has 1 atom stereocenters. The summed E-state index contributed by atoms with van der Waals surface area (Å²) in [6, 6.07) is 2.45. The number of hydrogen-bond acceptors (Lipinski definition) is 11. The van der Waals surface area contributed by atoms with Crippen LogP contribution in [0.5, 0.6) is 0 Å². The van der Waals surface area contributed by atoms with Gasteiger partial charge in [-0.1, -0.05) is 22.9 Å². The summed E-state index contributed by atoms with van der Waals surface area (Å²) in [6.45, 7) is 10.2. The number of rotatable bonds is 10. The summed E-state index contributed by atoms with van der Waals surface area (Å²) >= 11 is 9.26. The Kier molecular flexibility index (Phi) is 9.63. The number of aromatic nitrogens is 3. The number of anilines is 2. The van der Waals surface area contributed by atoms with Gasteiger partial charge in [-0.15, -0.1) is 11.3 Å². The fourth-order valence-corrected chi connectivity index (χ4v) is 7.15. The zero-order chi connectivity index (χ0) is 28.1. The summed E-state index contributed by atoms with van der Waals surface area (Å²) in [5.74, 6) is 0.232. The fraction of sp³-hybridized carbons (Fsp3) is 0.519. The van der Waals surface area contributed by atoms with Crippen molar-refractivity contribution in [3.05, 3.63) is 39.4 Å². The monoisotopic (exact) mass is 603 g/mol. The van der Waals surface area contributed by atoms with Gasteiger partial charge in [0.05, 0.1) is 41.0 Å². The molecule has 3 aromatic heterocycles. The van der Waals surface area contributed by atoms with Gasteiger partial charge in [-0.25, -0.2) is 15.0 Å². The molecule has 214 valence electrons. The van der Waals surface area contributed by atoms with Crippen molar-refractivity contribution in [3.8, 4) is 10.6 Å². The van der Waals surface area contributed by atoms with Gasteiger partial charge in [0.1, 0.15) is 11.5 Å². The quantitative estimate of drug-likeness (QED) is 0.332. The number of nitrogens with one attached hydrogen (secondary N) is 1. The van der Waals surface area contributed by atoms with Gasteiger partial charge in [0.25, 0.3) is 5.91 Å². The molecule has 0 spiro atoms. The molecule has 2 saturated heterocycles. The molecular weight excluding hydrogens is 570 g/mol. The van der Waals surface area contributed by atoms with E-state index in [1.54, 1.807) is 17.5 Å². The van der Waals surface area contributed by atoms with Gasteiger partial charge in [0.2, 0.25) is 0 Å². The molecule has 5 heterocycles. The lowest BCUT2D eigenvalue weighted by Gasteiger charge is -2.35. The van der Waals surface area contributed by atoms with Crippen LogP contribution < -0.4 is 10.2 Å². The molecule has 0 unspecified atom stereocenters. The van der Waals surface area contributed by atoms with Crippen molar-refractivity contribution in [2.75, 3.05) is 56.1 Å². The Morgan fingerprint density at radius 2 is 2.00 bits per heavy atom. The maximum absolute atomic E-state index is 13.0. The summed E-state index contributed by atoms with van der Waals surface area (Å²) in [6.07, 6.45) is 5.95. The van der Waals surface area contributed by atoms with Gasteiger partial charge in [0, 0.05) is 55.6 Å². The molecule has 3 aromatic rings. The topological polar surface area (TPSA) is 104 Å². The van der Waals surface area contributed by atoms with Gasteiger partial charge in [0.15, 0.2) is 5.13 Å². The van der Waals surface area contributed by atoms with Gasteiger partial charge >= 0.3 is 5.97 Å². The summed E-state index contributed by atoms with van der Waals surface area (Å²) in [4.78, 5) is 47.3. The predicted octanol–water partition coefficient (Wildman–Crippen LogP) is 4.63. The summed E-state index contributed by atoms with van der Waals surface area (Å²) in [5.41, 5.74) is 1.11. The molecule has 0 radical (unpaired) electrons. The maximum atomic E-state index is 13.0. The number of likely N-dealkylation sites (tertiary alicyclic amines) is 1. The number of hydrogen-bond donors (Lipinski definition) is 1. The Hall–Kier alpha value is -2.64. The fourth-order valence-electron chi connectivity index (χ4n) is 5.00. The minimum absolute atomic E-state index is 0.160. The number of carbonyl (C=O) groups excluding carboxylic acids is 2. The van der Waals surface area contributed by atoms with Crippen molar-refractivity contribution in [3.63, 3.8) is 0 Å². The van der Waals surface area contributed by atoms with Crippen molar-refractivity contribution >= 4 is 57.1 Å². The Morgan fingerprint density at radius 1 is 1.18 bits per heavy atom. The van der Waals surface area contributed by atoms with E-state index in [1.807, 2.05) is 18.4 Å². The third-order valence-corrected chi connectivity index (χ3v) is 9.50. The lowest BCUT2D eigenvalue weighted by Crippen LogP contribution is -2.47. The van der Waals surface area contributed by atoms with E-state index < -0.39 is 0 Å². The first kappa shape index (κ1) is 28.9. The molecular formula is C27H34ClN7O3S2. The lowest BCUT2D eigenvalue weighted by atomic mass is 10.2. The molecule has 2 aliphatic rings. The van der Waals surface area contributed by atoms with Crippen molar-refractivity contribution in [1.82, 2.24) is 24.8 Å². The predicted molar refractivity (Wildman–Crippen MR) is 159 cm³/mol. The van der Waals surface area contributed by atoms with Gasteiger partial charge in [-0.3, -0.25) is 24.7 Å². The molecule has 5 rings (SSSR count). The number of esters is 1. The third-order valence-electron chi connectivity index (χ3n) is 7.26. The van der Waals surface area contributed by atoms with E-state index in [2.05, 4.69) is 36.9 Å². The number of halogens is 1. The number of thiophene rings is 1. The first-order valence-corrected chi connectivity index (χ1v) is 15.7. The van der Waals surface area contributed by atoms with Crippen molar-refractivity contribution in [2.24, 2.45) is 0 Å². The number of ether oxygens (including phenoxy) is 1. The molecule has 2 fully saturated rings. The largest absolute Gasteiger partial charge is 0.466 e. The zero-order valence-corrected chi connectivity index (χ0v) is 25.2. The molecule has 10 nitrogen and oxygen atoms in total. The summed E-state index contributed by atoms with van der Waals surface area (Å²) in [7, 11) is 0. The first-order chi connectivity index (χ1) is 19.4. The van der Waals surface area contributed by atoms with E-state index >= 15 is 0 Å². The van der Waals surface area contributed by atoms with E-state index in [-0.39, 0.29) is 17.6 Å². The molecule has 0 aromatic carbocycles. The van der Waals surface area contributed by atoms with Crippen molar-refractivity contribution in [2.45, 2.75) is 45.7 Å². The average Bonchev–Trinajstić information content (AvgIpc) is 3.68. The van der Waals surface area contributed by atoms with Gasteiger partial charge in [-0.2, -0.15) is 0 Å². The highest BCUT2D eigenvalue weighted by atomic mass is 35.5. The van der Waals surface area contributed by atoms with Crippen LogP contribution in [0.2, 0.25) is 5.02 Å². The average molecular weight is 604 g/mol. The van der Waals surface area contributed by atoms with E-state index in [4.69, 9.17) is 21.3 Å². The highest BCUT2D eigenvalue weighted by Crippen LogP contribution is 2.37. The van der Waals surface area contributed by atoms with Crippen LogP contribution in [0.25, 0.3) is 10.6 Å². The van der Waals surface area contributed by atoms with E-state index in [0.717, 1.165) is 60.5 Å². The smallest absolute Gasteiger partial charge is 0.307 e. The Morgan fingerprint density at radius 3 is 2.65 bits per heavy atom. The molecule has 0 bridgehead atoms. The second kappa shape index (κ2) is 13.3. The lowest BCUT2D eigenvalue weighted by molar-refractivity contribution is -0.143. The van der Waals surface area contributed by atoms with Crippen molar-refractivity contribution < 1.29 is 14.3 Å². The molecule has 40 heavy (non-hydrogen) atoms. The zero-order valence-electron chi connectivity index (χ0n) is 22.8. The molecule has 0 saturated carbocycles. The molecule has 1 N–H and O–H groups in total. The van der Waals surface area contributed by atoms with Crippen LogP contribution in [0.4, 0.5) is 10.9 Å². The van der Waals surface area contributed by atoms with E-state index in [0.29, 0.717) is 35.8 Å². The van der Waals surface area contributed by atoms with Crippen LogP contribution in [-0.4, -0.2) is 88.5 Å². The van der Waals surface area contributed by atoms with Crippen LogP contribution >= 0.6 is 34.3 Å². The molecule has 2 aliphatic heterocycles. The second-order valence-electron chi connectivity index (χ2n) is 9.98. The second-order valence-corrected chi connectivity index (χ2v) is 12.4. The van der Waals surface area contributed by atoms with Crippen LogP contribution in [0.3, 0.4) is 0 Å². The van der Waals surface area contributed by atoms with Crippen LogP contribution in [0.15, 0.2) is 23.8 Å². The van der Waals surface area contributed by atoms with E-state index in [9.17, 15) is 9.59 Å². The molecule has 0 aliphatic carbocycles. The number of piperazine rings is 1. The number of nitrogens with zero attached hydrogens (tertiary/aromatic N) is 6. The number of amides is 1. The highest BCUT2D eigenvalue weighted by molar-refractivity contribution is 7.17. The Labute approximate surface area is 247 Å². The standard InChI is InChI=1S/C27H34ClN7O3S2/c1-3-38-24(36)6-8-33-9-11-34(12-10-33)23-15-29-20(14-30-23)26(37)32-27-31-25(21-13-19(28)17-39-21)22(40-27)16-35-7-4-5-18(35)2/h13-15,17-18H,3-12,16H2,1-2H3,(H,31,32,37)/t18-/m1/s1. The first-order valence-electron chi connectivity index (χ1n) is 13.6. The number of carbonyl (C=O) groups is 2. The Balaban J connectivity index is 1.20. The van der Waals surface area contributed by atoms with Crippen LogP contribution in [-0.2, 0) is 16.1 Å². The molecule has 1 amide bonds. The Bertz CT molecular complexity index is 1310. The normalized spacial score (nSPS) is 18.3. The third kappa shape index (κ3) is 7.16. The van der Waals surface area contributed by atoms with Crippen LogP contribution in [0.1, 0.15) is 48.5 Å².